The molecule has 0 aliphatic carbocycles. The molecule has 0 bridgehead atoms. The van der Waals surface area contributed by atoms with Crippen LogP contribution in [0.3, 0.4) is 0 Å². The van der Waals surface area contributed by atoms with Crippen LogP contribution in [0.2, 0.25) is 0 Å². The van der Waals surface area contributed by atoms with Gasteiger partial charge in [-0.05, 0) is 20.8 Å². The van der Waals surface area contributed by atoms with E-state index in [9.17, 15) is 14.5 Å². The highest BCUT2D eigenvalue weighted by atomic mass is 32.2. The molecule has 0 aliphatic heterocycles. The van der Waals surface area contributed by atoms with Crippen LogP contribution in [0.25, 0.3) is 0 Å². The number of aliphatic carboxylic acids is 1. The molecule has 0 aliphatic rings. The number of carboxylic acids is 1. The Balaban J connectivity index is 4.71. The van der Waals surface area contributed by atoms with Crippen molar-refractivity contribution in [3.05, 3.63) is 4.91 Å². The molecule has 0 aromatic heterocycles. The summed E-state index contributed by atoms with van der Waals surface area (Å²) in [4.78, 5) is 31.7. The average molecular weight is 219 g/mol. The van der Waals surface area contributed by atoms with Gasteiger partial charge in [-0.1, -0.05) is 0 Å². The van der Waals surface area contributed by atoms with Gasteiger partial charge in [0.1, 0.15) is 5.78 Å². The largest absolute Gasteiger partial charge is 0.481 e. The molecule has 0 aromatic carbocycles. The third-order valence-corrected chi connectivity index (χ3v) is 2.73. The molecule has 6 heteroatoms. The highest BCUT2D eigenvalue weighted by Crippen LogP contribution is 2.35. The second-order valence-corrected chi connectivity index (χ2v) is 4.95. The fraction of sp³-hybridized carbons (Fsp3) is 0.750. The molecule has 0 radical (unpaired) electrons. The van der Waals surface area contributed by atoms with Gasteiger partial charge in [-0.3, -0.25) is 4.79 Å². The first-order valence-corrected chi connectivity index (χ1v) is 4.81. The Bertz CT molecular complexity index is 252. The van der Waals surface area contributed by atoms with Crippen LogP contribution in [0.5, 0.6) is 0 Å². The van der Waals surface area contributed by atoms with Gasteiger partial charge < -0.3 is 9.90 Å². The van der Waals surface area contributed by atoms with E-state index in [0.29, 0.717) is 11.9 Å². The smallest absolute Gasteiger partial charge is 0.308 e. The van der Waals surface area contributed by atoms with Crippen LogP contribution in [0.4, 0.5) is 0 Å². The molecule has 1 unspecified atom stereocenters. The summed E-state index contributed by atoms with van der Waals surface area (Å²) in [5, 5.41) is 8.88. The number of Topliss-reactive ketones (excluding diaryl/α,β-unsaturated/α-hetero) is 1. The number of nitroso groups, excluding NO2 is 1. The van der Waals surface area contributed by atoms with Crippen molar-refractivity contribution in [2.75, 3.05) is 0 Å². The maximum absolute atomic E-state index is 10.8. The normalized spacial score (nSPS) is 13.4. The summed E-state index contributed by atoms with van der Waals surface area (Å²) in [7, 11) is 0. The lowest BCUT2D eigenvalue weighted by molar-refractivity contribution is -0.144. The Morgan fingerprint density at radius 3 is 2.29 bits per heavy atom. The zero-order chi connectivity index (χ0) is 11.4. The van der Waals surface area contributed by atoms with Crippen molar-refractivity contribution in [2.45, 2.75) is 31.9 Å². The highest BCUT2D eigenvalue weighted by Gasteiger charge is 2.37. The number of ketones is 1. The molecule has 0 saturated heterocycles. The zero-order valence-electron chi connectivity index (χ0n) is 8.31. The number of carbonyl (C=O) groups is 2. The number of carbonyl (C=O) groups excluding carboxylic acids is 1. The van der Waals surface area contributed by atoms with Gasteiger partial charge in [0.25, 0.3) is 0 Å². The quantitative estimate of drug-likeness (QED) is 0.544. The number of nitrogens with zero attached hydrogens (tertiary/aromatic N) is 1. The SMILES string of the molecule is CC(=O)CC(C(=O)O)C(C)(C)SN=O. The summed E-state index contributed by atoms with van der Waals surface area (Å²) in [6.45, 7) is 4.49. The zero-order valence-corrected chi connectivity index (χ0v) is 9.13. The molecular formula is C8H13NO4S. The van der Waals surface area contributed by atoms with Crippen LogP contribution in [0.15, 0.2) is 4.58 Å². The third kappa shape index (κ3) is 3.87. The molecule has 0 spiro atoms. The average Bonchev–Trinajstić information content (AvgIpc) is 1.99. The third-order valence-electron chi connectivity index (χ3n) is 1.90. The van der Waals surface area contributed by atoms with Gasteiger partial charge in [-0.2, -0.15) is 0 Å². The van der Waals surface area contributed by atoms with Crippen molar-refractivity contribution in [3.8, 4) is 0 Å². The van der Waals surface area contributed by atoms with E-state index >= 15 is 0 Å². The minimum atomic E-state index is -1.08. The lowest BCUT2D eigenvalue weighted by atomic mass is 9.90. The molecule has 5 nitrogen and oxygen atoms in total. The van der Waals surface area contributed by atoms with Crippen molar-refractivity contribution >= 4 is 23.7 Å². The molecular weight excluding hydrogens is 206 g/mol. The van der Waals surface area contributed by atoms with Gasteiger partial charge in [0.2, 0.25) is 0 Å². The summed E-state index contributed by atoms with van der Waals surface area (Å²) in [6.07, 6.45) is -0.0785. The molecule has 1 atom stereocenters. The molecule has 80 valence electrons. The van der Waals surface area contributed by atoms with Crippen molar-refractivity contribution in [1.29, 1.82) is 0 Å². The summed E-state index contributed by atoms with van der Waals surface area (Å²) in [6, 6.07) is 0. The standard InChI is InChI=1S/C8H13NO4S/c1-5(10)4-6(7(11)12)8(2,3)14-9-13/h6H,4H2,1-3H3,(H,11,12). The highest BCUT2D eigenvalue weighted by molar-refractivity contribution is 7.99. The van der Waals surface area contributed by atoms with Crippen LogP contribution < -0.4 is 0 Å². The van der Waals surface area contributed by atoms with Crippen LogP contribution >= 0.6 is 11.9 Å². The minimum absolute atomic E-state index is 0.0785. The first kappa shape index (κ1) is 13.1. The van der Waals surface area contributed by atoms with Crippen molar-refractivity contribution < 1.29 is 14.7 Å². The first-order valence-electron chi connectivity index (χ1n) is 4.04. The van der Waals surface area contributed by atoms with Crippen LogP contribution in [0.1, 0.15) is 27.2 Å². The van der Waals surface area contributed by atoms with E-state index in [1.807, 2.05) is 0 Å². The Kier molecular flexibility index (Phi) is 4.76. The lowest BCUT2D eigenvalue weighted by Gasteiger charge is -2.26. The molecule has 0 amide bonds. The first-order chi connectivity index (χ1) is 6.31. The van der Waals surface area contributed by atoms with E-state index in [-0.39, 0.29) is 12.2 Å². The molecule has 0 aromatic rings. The molecule has 0 rings (SSSR count). The van der Waals surface area contributed by atoms with Gasteiger partial charge in [-0.25, -0.2) is 0 Å². The predicted molar refractivity (Wildman–Crippen MR) is 53.9 cm³/mol. The van der Waals surface area contributed by atoms with Crippen LogP contribution in [-0.2, 0) is 9.59 Å². The topological polar surface area (TPSA) is 83.8 Å². The van der Waals surface area contributed by atoms with Crippen LogP contribution in [0, 0.1) is 10.8 Å². The van der Waals surface area contributed by atoms with Gasteiger partial charge in [0.15, 0.2) is 0 Å². The van der Waals surface area contributed by atoms with Crippen molar-refractivity contribution in [1.82, 2.24) is 0 Å². The summed E-state index contributed by atoms with van der Waals surface area (Å²) >= 11 is 0.648. The molecule has 14 heavy (non-hydrogen) atoms. The van der Waals surface area contributed by atoms with Gasteiger partial charge in [0.05, 0.1) is 5.92 Å². The Labute approximate surface area is 86.4 Å². The van der Waals surface area contributed by atoms with E-state index in [4.69, 9.17) is 5.11 Å². The van der Waals surface area contributed by atoms with Gasteiger partial charge >= 0.3 is 5.97 Å². The van der Waals surface area contributed by atoms with E-state index in [2.05, 4.69) is 4.58 Å². The summed E-state index contributed by atoms with van der Waals surface area (Å²) < 4.78 is 1.75. The van der Waals surface area contributed by atoms with E-state index in [1.165, 1.54) is 6.92 Å². The Morgan fingerprint density at radius 1 is 1.50 bits per heavy atom. The van der Waals surface area contributed by atoms with E-state index in [1.54, 1.807) is 13.8 Å². The number of hydrogen-bond acceptors (Lipinski definition) is 5. The monoisotopic (exact) mass is 219 g/mol. The summed E-state index contributed by atoms with van der Waals surface area (Å²) in [5.41, 5.74) is 0. The maximum Gasteiger partial charge on any atom is 0.308 e. The van der Waals surface area contributed by atoms with E-state index < -0.39 is 16.6 Å². The van der Waals surface area contributed by atoms with E-state index in [0.717, 1.165) is 0 Å². The lowest BCUT2D eigenvalue weighted by Crippen LogP contribution is -2.35. The molecule has 0 saturated carbocycles. The van der Waals surface area contributed by atoms with Gasteiger partial charge in [0, 0.05) is 27.7 Å². The second-order valence-electron chi connectivity index (χ2n) is 3.57. The molecule has 0 fully saturated rings. The molecule has 1 N–H and O–H groups in total. The second kappa shape index (κ2) is 5.09. The number of hydrogen-bond donors (Lipinski definition) is 1. The molecule has 0 heterocycles. The van der Waals surface area contributed by atoms with Crippen LogP contribution in [-0.4, -0.2) is 21.6 Å². The number of rotatable bonds is 6. The predicted octanol–water partition coefficient (Wildman–Crippen LogP) is 1.86. The van der Waals surface area contributed by atoms with Crippen molar-refractivity contribution in [3.63, 3.8) is 0 Å². The van der Waals surface area contributed by atoms with Gasteiger partial charge in [-0.15, -0.1) is 4.91 Å². The number of carboxylic acid groups (broad SMARTS) is 1. The van der Waals surface area contributed by atoms with Crippen molar-refractivity contribution in [2.24, 2.45) is 10.5 Å². The summed E-state index contributed by atoms with van der Waals surface area (Å²) in [5.74, 6) is -2.18. The Hall–Kier alpha value is -0.910. The fourth-order valence-electron chi connectivity index (χ4n) is 1.08. The fourth-order valence-corrected chi connectivity index (χ4v) is 1.58. The Morgan fingerprint density at radius 2 is 2.00 bits per heavy atom. The maximum atomic E-state index is 10.8. The minimum Gasteiger partial charge on any atom is -0.481 e.